The Bertz CT molecular complexity index is 1940. The lowest BCUT2D eigenvalue weighted by Gasteiger charge is -2.14. The van der Waals surface area contributed by atoms with Gasteiger partial charge in [0.15, 0.2) is 5.13 Å². The van der Waals surface area contributed by atoms with Gasteiger partial charge in [-0.2, -0.15) is 0 Å². The molecule has 0 bridgehead atoms. The summed E-state index contributed by atoms with van der Waals surface area (Å²) in [6.07, 6.45) is 1.59. The van der Waals surface area contributed by atoms with Crippen molar-refractivity contribution in [1.29, 1.82) is 0 Å². The number of ether oxygens (including phenoxy) is 1. The molecule has 8 nitrogen and oxygen atoms in total. The predicted octanol–water partition coefficient (Wildman–Crippen LogP) is 8.35. The molecular weight excluding hydrogens is 641 g/mol. The Kier molecular flexibility index (Phi) is 11.4. The van der Waals surface area contributed by atoms with Crippen LogP contribution in [-0.4, -0.2) is 34.6 Å². The van der Waals surface area contributed by atoms with Crippen LogP contribution in [-0.2, 0) is 9.59 Å². The topological polar surface area (TPSA) is 109 Å². The molecule has 0 aliphatic rings. The van der Waals surface area contributed by atoms with E-state index in [9.17, 15) is 14.4 Å². The number of thioether (sulfide) groups is 1. The maximum absolute atomic E-state index is 13.6. The minimum absolute atomic E-state index is 0.0468. The Morgan fingerprint density at radius 2 is 1.62 bits per heavy atom. The average molecular weight is 677 g/mol. The van der Waals surface area contributed by atoms with E-state index in [0.717, 1.165) is 21.0 Å². The summed E-state index contributed by atoms with van der Waals surface area (Å²) in [7, 11) is 0. The number of benzene rings is 4. The van der Waals surface area contributed by atoms with Crippen LogP contribution in [0.25, 0.3) is 17.3 Å². The van der Waals surface area contributed by atoms with Crippen LogP contribution >= 0.6 is 23.1 Å². The third-order valence-corrected chi connectivity index (χ3v) is 9.15. The Hall–Kier alpha value is -5.19. The van der Waals surface area contributed by atoms with Gasteiger partial charge in [-0.25, -0.2) is 4.98 Å². The lowest BCUT2D eigenvalue weighted by atomic mass is 10.1. The van der Waals surface area contributed by atoms with Crippen molar-refractivity contribution in [3.63, 3.8) is 0 Å². The van der Waals surface area contributed by atoms with Crippen molar-refractivity contribution in [2.24, 2.45) is 0 Å². The molecule has 1 unspecified atom stereocenters. The van der Waals surface area contributed by atoms with Gasteiger partial charge in [0.25, 0.3) is 11.8 Å². The molecule has 0 fully saturated rings. The summed E-state index contributed by atoms with van der Waals surface area (Å²) in [5, 5.41) is 8.72. The van der Waals surface area contributed by atoms with E-state index in [1.807, 2.05) is 82.3 Å². The van der Waals surface area contributed by atoms with Crippen molar-refractivity contribution in [3.05, 3.63) is 130 Å². The van der Waals surface area contributed by atoms with Gasteiger partial charge in [-0.3, -0.25) is 14.4 Å². The van der Waals surface area contributed by atoms with Crippen LogP contribution in [0.2, 0.25) is 0 Å². The van der Waals surface area contributed by atoms with E-state index in [1.165, 1.54) is 28.7 Å². The van der Waals surface area contributed by atoms with Gasteiger partial charge in [-0.05, 0) is 70.2 Å². The molecule has 0 aliphatic carbocycles. The first-order chi connectivity index (χ1) is 23.2. The van der Waals surface area contributed by atoms with Crippen molar-refractivity contribution in [1.82, 2.24) is 10.3 Å². The van der Waals surface area contributed by atoms with Gasteiger partial charge >= 0.3 is 0 Å². The standard InChI is InChI=1S/C38H36N4O4S2/c1-5-46-33-17-10-9-14-29(33)22-32(40-36(44)28-12-7-6-8-13-28)37(45)39-30-15-11-16-31(23-30)47-26(4)35(43)42-38-41-34(25(3)48-38)27-20-18-24(2)19-21-27/h6-23,26H,5H2,1-4H3,(H,39,45)(H,40,44)(H,41,42,43)/b32-22+. The third kappa shape index (κ3) is 8.99. The van der Waals surface area contributed by atoms with Gasteiger partial charge in [0.05, 0.1) is 17.6 Å². The molecule has 0 spiro atoms. The molecule has 10 heteroatoms. The number of carbonyl (C=O) groups excluding carboxylic acids is 3. The second kappa shape index (κ2) is 16.1. The average Bonchev–Trinajstić information content (AvgIpc) is 3.45. The highest BCUT2D eigenvalue weighted by atomic mass is 32.2. The predicted molar refractivity (Wildman–Crippen MR) is 196 cm³/mol. The number of amides is 3. The third-order valence-electron chi connectivity index (χ3n) is 7.17. The summed E-state index contributed by atoms with van der Waals surface area (Å²) < 4.78 is 5.74. The Morgan fingerprint density at radius 1 is 0.896 bits per heavy atom. The maximum atomic E-state index is 13.6. The molecule has 244 valence electrons. The number of carbonyl (C=O) groups is 3. The van der Waals surface area contributed by atoms with Crippen molar-refractivity contribution in [2.45, 2.75) is 37.8 Å². The zero-order valence-corrected chi connectivity index (χ0v) is 28.7. The van der Waals surface area contributed by atoms with Crippen LogP contribution in [0.5, 0.6) is 5.75 Å². The fourth-order valence-corrected chi connectivity index (χ4v) is 6.49. The number of aromatic nitrogens is 1. The second-order valence-corrected chi connectivity index (χ2v) is 13.5. The fraction of sp³-hybridized carbons (Fsp3) is 0.158. The fourth-order valence-electron chi connectivity index (χ4n) is 4.72. The molecule has 0 saturated carbocycles. The number of aryl methyl sites for hydroxylation is 2. The number of thiazole rings is 1. The number of nitrogens with one attached hydrogen (secondary N) is 3. The van der Waals surface area contributed by atoms with Gasteiger partial charge in [-0.1, -0.05) is 72.3 Å². The zero-order chi connectivity index (χ0) is 34.0. The van der Waals surface area contributed by atoms with Crippen LogP contribution in [0.4, 0.5) is 10.8 Å². The first kappa shape index (κ1) is 34.2. The summed E-state index contributed by atoms with van der Waals surface area (Å²) in [5.74, 6) is -0.525. The summed E-state index contributed by atoms with van der Waals surface area (Å²) in [4.78, 5) is 46.3. The number of anilines is 2. The van der Waals surface area contributed by atoms with E-state index in [0.29, 0.717) is 34.3 Å². The largest absolute Gasteiger partial charge is 0.493 e. The van der Waals surface area contributed by atoms with E-state index in [1.54, 1.807) is 54.6 Å². The normalized spacial score (nSPS) is 11.8. The van der Waals surface area contributed by atoms with Gasteiger partial charge in [-0.15, -0.1) is 23.1 Å². The minimum Gasteiger partial charge on any atom is -0.493 e. The molecular formula is C38H36N4O4S2. The van der Waals surface area contributed by atoms with Gasteiger partial charge < -0.3 is 20.7 Å². The molecule has 1 heterocycles. The highest BCUT2D eigenvalue weighted by Gasteiger charge is 2.20. The molecule has 3 N–H and O–H groups in total. The molecule has 1 atom stereocenters. The van der Waals surface area contributed by atoms with E-state index in [4.69, 9.17) is 4.74 Å². The smallest absolute Gasteiger partial charge is 0.272 e. The first-order valence-corrected chi connectivity index (χ1v) is 17.1. The summed E-state index contributed by atoms with van der Waals surface area (Å²) in [5.41, 5.74) is 4.65. The molecule has 0 aliphatic heterocycles. The Labute approximate surface area is 288 Å². The molecule has 4 aromatic carbocycles. The number of hydrogen-bond acceptors (Lipinski definition) is 7. The lowest BCUT2D eigenvalue weighted by molar-refractivity contribution is -0.115. The second-order valence-electron chi connectivity index (χ2n) is 10.9. The molecule has 0 saturated heterocycles. The van der Waals surface area contributed by atoms with Crippen LogP contribution < -0.4 is 20.7 Å². The van der Waals surface area contributed by atoms with Gasteiger partial charge in [0.1, 0.15) is 11.4 Å². The summed E-state index contributed by atoms with van der Waals surface area (Å²) >= 11 is 2.80. The molecule has 0 radical (unpaired) electrons. The highest BCUT2D eigenvalue weighted by Crippen LogP contribution is 2.32. The van der Waals surface area contributed by atoms with Crippen LogP contribution in [0.1, 0.15) is 40.2 Å². The quantitative estimate of drug-likeness (QED) is 0.0906. The van der Waals surface area contributed by atoms with Gasteiger partial charge in [0.2, 0.25) is 5.91 Å². The molecule has 5 rings (SSSR count). The molecule has 3 amide bonds. The van der Waals surface area contributed by atoms with E-state index >= 15 is 0 Å². The van der Waals surface area contributed by atoms with E-state index < -0.39 is 17.1 Å². The van der Waals surface area contributed by atoms with Crippen LogP contribution in [0, 0.1) is 13.8 Å². The lowest BCUT2D eigenvalue weighted by Crippen LogP contribution is -2.30. The van der Waals surface area contributed by atoms with Crippen molar-refractivity contribution in [2.75, 3.05) is 17.2 Å². The number of hydrogen-bond donors (Lipinski definition) is 3. The highest BCUT2D eigenvalue weighted by molar-refractivity contribution is 8.00. The van der Waals surface area contributed by atoms with Crippen LogP contribution in [0.15, 0.2) is 114 Å². The Balaban J connectivity index is 1.28. The Morgan fingerprint density at radius 3 is 2.38 bits per heavy atom. The van der Waals surface area contributed by atoms with Crippen LogP contribution in [0.3, 0.4) is 0 Å². The van der Waals surface area contributed by atoms with Crippen molar-refractivity contribution in [3.8, 4) is 17.0 Å². The summed E-state index contributed by atoms with van der Waals surface area (Å²) in [6.45, 7) is 8.18. The van der Waals surface area contributed by atoms with E-state index in [2.05, 4.69) is 20.9 Å². The SMILES string of the molecule is CCOc1ccccc1/C=C(/NC(=O)c1ccccc1)C(=O)Nc1cccc(SC(C)C(=O)Nc2nc(-c3ccc(C)cc3)c(C)s2)c1. The number of para-hydroxylation sites is 1. The number of nitrogens with zero attached hydrogens (tertiary/aromatic N) is 1. The van der Waals surface area contributed by atoms with Crippen molar-refractivity contribution >= 4 is 57.7 Å². The minimum atomic E-state index is -0.512. The molecule has 5 aromatic rings. The molecule has 1 aromatic heterocycles. The zero-order valence-electron chi connectivity index (χ0n) is 27.1. The van der Waals surface area contributed by atoms with Crippen molar-refractivity contribution < 1.29 is 19.1 Å². The monoisotopic (exact) mass is 676 g/mol. The number of rotatable bonds is 12. The maximum Gasteiger partial charge on any atom is 0.272 e. The summed E-state index contributed by atoms with van der Waals surface area (Å²) in [6, 6.07) is 31.3. The molecule has 48 heavy (non-hydrogen) atoms. The van der Waals surface area contributed by atoms with E-state index in [-0.39, 0.29) is 11.6 Å². The first-order valence-electron chi connectivity index (χ1n) is 15.4. The van der Waals surface area contributed by atoms with Gasteiger partial charge in [0, 0.05) is 32.2 Å².